The molecule has 0 amide bonds. The summed E-state index contributed by atoms with van der Waals surface area (Å²) >= 11 is 6.48. The predicted molar refractivity (Wildman–Crippen MR) is 132 cm³/mol. The van der Waals surface area contributed by atoms with Crippen molar-refractivity contribution in [2.24, 2.45) is 0 Å². The van der Waals surface area contributed by atoms with Crippen molar-refractivity contribution in [3.8, 4) is 0 Å². The summed E-state index contributed by atoms with van der Waals surface area (Å²) in [6.45, 7) is 21.0. The van der Waals surface area contributed by atoms with Crippen LogP contribution in [0.1, 0.15) is 47.8 Å². The summed E-state index contributed by atoms with van der Waals surface area (Å²) in [6, 6.07) is 1.40. The van der Waals surface area contributed by atoms with Crippen LogP contribution in [0.3, 0.4) is 0 Å². The second-order valence-electron chi connectivity index (χ2n) is 11.6. The van der Waals surface area contributed by atoms with Gasteiger partial charge < -0.3 is 19.3 Å². The summed E-state index contributed by atoms with van der Waals surface area (Å²) in [6.07, 6.45) is -2.00. The number of ether oxygens (including phenoxy) is 1. The zero-order valence-corrected chi connectivity index (χ0v) is 23.7. The van der Waals surface area contributed by atoms with Gasteiger partial charge in [-0.05, 0) is 42.3 Å². The fraction of sp³-hybridized carbons (Fsp3) is 0.810. The third-order valence-electron chi connectivity index (χ3n) is 7.10. The molecule has 7 nitrogen and oxygen atoms in total. The number of aromatic nitrogens is 2. The van der Waals surface area contributed by atoms with Crippen molar-refractivity contribution in [2.45, 2.75) is 101 Å². The minimum Gasteiger partial charge on any atom is -0.414 e. The molecule has 11 heteroatoms. The van der Waals surface area contributed by atoms with Gasteiger partial charge in [-0.2, -0.15) is 4.98 Å². The maximum Gasteiger partial charge on any atom is 0.351 e. The standard InChI is InChI=1S/C21H39ClFN3O4Si2/c1-19(2,3)31(7,8)28-13-14-16(30-32(9,10)20(4,5)6)21(22,23)17(29-14)26-12-11-15(24)25-18(26)27/h11-12,14,16-17H,13H2,1-10H3,(H2,24,25,27)/t14-,16-,17?,21-/m1/s1. The number of halogens is 2. The molecule has 2 N–H and O–H groups in total. The fourth-order valence-corrected chi connectivity index (χ4v) is 5.60. The number of nitrogens with zero attached hydrogens (tertiary/aromatic N) is 2. The Bertz CT molecular complexity index is 881. The molecule has 1 unspecified atom stereocenters. The molecule has 184 valence electrons. The number of rotatable bonds is 6. The molecule has 1 aliphatic heterocycles. The number of anilines is 1. The topological polar surface area (TPSA) is 88.6 Å². The Labute approximate surface area is 198 Å². The van der Waals surface area contributed by atoms with Crippen LogP contribution < -0.4 is 11.4 Å². The number of alkyl halides is 2. The van der Waals surface area contributed by atoms with E-state index in [9.17, 15) is 4.79 Å². The second kappa shape index (κ2) is 8.77. The molecule has 0 radical (unpaired) electrons. The molecule has 2 heterocycles. The maximum atomic E-state index is 16.2. The molecule has 0 aromatic carbocycles. The first kappa shape index (κ1) is 27.5. The first-order chi connectivity index (χ1) is 14.2. The summed E-state index contributed by atoms with van der Waals surface area (Å²) in [5.74, 6) is 0.0372. The third kappa shape index (κ3) is 5.47. The number of nitrogen functional groups attached to an aromatic ring is 1. The van der Waals surface area contributed by atoms with Crippen molar-refractivity contribution in [1.29, 1.82) is 0 Å². The highest BCUT2D eigenvalue weighted by molar-refractivity contribution is 6.74. The lowest BCUT2D eigenvalue weighted by Gasteiger charge is -2.41. The minimum absolute atomic E-state index is 0.0353. The van der Waals surface area contributed by atoms with Crippen LogP contribution >= 0.6 is 11.6 Å². The Hall–Kier alpha value is -0.786. The van der Waals surface area contributed by atoms with E-state index in [1.54, 1.807) is 0 Å². The largest absolute Gasteiger partial charge is 0.414 e. The van der Waals surface area contributed by atoms with Gasteiger partial charge in [0.2, 0.25) is 0 Å². The molecule has 32 heavy (non-hydrogen) atoms. The van der Waals surface area contributed by atoms with Gasteiger partial charge in [0.15, 0.2) is 22.9 Å². The van der Waals surface area contributed by atoms with Crippen LogP contribution in [0.25, 0.3) is 0 Å². The van der Waals surface area contributed by atoms with E-state index in [0.29, 0.717) is 0 Å². The Morgan fingerprint density at radius 3 is 2.19 bits per heavy atom. The van der Waals surface area contributed by atoms with Crippen LogP contribution in [0.4, 0.5) is 10.2 Å². The summed E-state index contributed by atoms with van der Waals surface area (Å²) < 4.78 is 36.0. The molecule has 1 aliphatic rings. The normalized spacial score (nSPS) is 27.7. The van der Waals surface area contributed by atoms with Crippen LogP contribution in [-0.2, 0) is 13.6 Å². The van der Waals surface area contributed by atoms with Crippen molar-refractivity contribution in [1.82, 2.24) is 9.55 Å². The molecule has 2 rings (SSSR count). The minimum atomic E-state index is -2.50. The van der Waals surface area contributed by atoms with Gasteiger partial charge in [-0.3, -0.25) is 4.57 Å². The van der Waals surface area contributed by atoms with E-state index in [4.69, 9.17) is 30.9 Å². The summed E-state index contributed by atoms with van der Waals surface area (Å²) in [5, 5.41) is -2.71. The van der Waals surface area contributed by atoms with E-state index in [1.807, 2.05) is 13.1 Å². The smallest absolute Gasteiger partial charge is 0.351 e. The monoisotopic (exact) mass is 507 g/mol. The van der Waals surface area contributed by atoms with E-state index < -0.39 is 45.9 Å². The molecule has 0 bridgehead atoms. The number of hydrogen-bond donors (Lipinski definition) is 1. The SMILES string of the molecule is CC(C)(C)[Si](C)(C)OC[C@H]1OC(n2ccc(N)nc2=O)[C@@](F)(Cl)[C@@H]1O[Si](C)(C)C(C)(C)C. The highest BCUT2D eigenvalue weighted by Gasteiger charge is 2.61. The van der Waals surface area contributed by atoms with Crippen molar-refractivity contribution in [3.63, 3.8) is 0 Å². The van der Waals surface area contributed by atoms with Gasteiger partial charge in [0, 0.05) is 6.20 Å². The number of nitrogens with two attached hydrogens (primary N) is 1. The lowest BCUT2D eigenvalue weighted by Crippen LogP contribution is -2.53. The molecule has 1 saturated heterocycles. The van der Waals surface area contributed by atoms with Gasteiger partial charge >= 0.3 is 5.69 Å². The van der Waals surface area contributed by atoms with Crippen molar-refractivity contribution in [2.75, 3.05) is 12.3 Å². The van der Waals surface area contributed by atoms with Crippen molar-refractivity contribution < 1.29 is 18.0 Å². The highest BCUT2D eigenvalue weighted by Crippen LogP contribution is 2.49. The molecular formula is C21H39ClFN3O4Si2. The third-order valence-corrected chi connectivity index (χ3v) is 16.5. The zero-order chi connectivity index (χ0) is 24.9. The van der Waals surface area contributed by atoms with Gasteiger partial charge in [-0.25, -0.2) is 9.18 Å². The maximum absolute atomic E-state index is 16.2. The average molecular weight is 508 g/mol. The molecule has 1 aromatic heterocycles. The van der Waals surface area contributed by atoms with Crippen LogP contribution in [0.2, 0.25) is 36.3 Å². The second-order valence-corrected chi connectivity index (χ2v) is 21.8. The molecule has 1 fully saturated rings. The van der Waals surface area contributed by atoms with Crippen LogP contribution in [-0.4, -0.2) is 50.1 Å². The van der Waals surface area contributed by atoms with Crippen LogP contribution in [0, 0.1) is 0 Å². The summed E-state index contributed by atoms with van der Waals surface area (Å²) in [7, 11) is -4.59. The molecule has 0 aliphatic carbocycles. The highest BCUT2D eigenvalue weighted by atomic mass is 35.5. The average Bonchev–Trinajstić information content (AvgIpc) is 2.82. The van der Waals surface area contributed by atoms with E-state index in [2.05, 4.69) is 59.6 Å². The van der Waals surface area contributed by atoms with Gasteiger partial charge in [-0.1, -0.05) is 53.1 Å². The van der Waals surface area contributed by atoms with Gasteiger partial charge in [-0.15, -0.1) is 0 Å². The van der Waals surface area contributed by atoms with Crippen molar-refractivity contribution >= 4 is 34.1 Å². The van der Waals surface area contributed by atoms with E-state index in [0.717, 1.165) is 4.57 Å². The zero-order valence-electron chi connectivity index (χ0n) is 21.0. The molecule has 0 spiro atoms. The Kier molecular flexibility index (Phi) is 7.53. The Morgan fingerprint density at radius 2 is 1.72 bits per heavy atom. The predicted octanol–water partition coefficient (Wildman–Crippen LogP) is 5.04. The quantitative estimate of drug-likeness (QED) is 0.428. The lowest BCUT2D eigenvalue weighted by atomic mass is 10.1. The van der Waals surface area contributed by atoms with E-state index >= 15 is 4.39 Å². The molecular weight excluding hydrogens is 469 g/mol. The van der Waals surface area contributed by atoms with Crippen LogP contribution in [0.15, 0.2) is 17.1 Å². The first-order valence-electron chi connectivity index (χ1n) is 10.9. The lowest BCUT2D eigenvalue weighted by molar-refractivity contribution is -0.0488. The number of hydrogen-bond acceptors (Lipinski definition) is 6. The van der Waals surface area contributed by atoms with E-state index in [-0.39, 0.29) is 22.5 Å². The summed E-state index contributed by atoms with van der Waals surface area (Å²) in [5.41, 5.74) is 4.85. The van der Waals surface area contributed by atoms with E-state index in [1.165, 1.54) is 12.3 Å². The molecule has 4 atom stereocenters. The van der Waals surface area contributed by atoms with Crippen molar-refractivity contribution in [3.05, 3.63) is 22.7 Å². The molecule has 0 saturated carbocycles. The van der Waals surface area contributed by atoms with Gasteiger partial charge in [0.05, 0.1) is 6.61 Å². The van der Waals surface area contributed by atoms with Gasteiger partial charge in [0.25, 0.3) is 5.13 Å². The van der Waals surface area contributed by atoms with Gasteiger partial charge in [0.1, 0.15) is 18.0 Å². The Morgan fingerprint density at radius 1 is 1.19 bits per heavy atom. The Balaban J connectivity index is 2.45. The van der Waals surface area contributed by atoms with Crippen LogP contribution in [0.5, 0.6) is 0 Å². The fourth-order valence-electron chi connectivity index (χ4n) is 2.85. The molecule has 1 aromatic rings. The summed E-state index contributed by atoms with van der Waals surface area (Å²) in [4.78, 5) is 16.1. The first-order valence-corrected chi connectivity index (χ1v) is 17.1.